The maximum atomic E-state index is 6.28. The van der Waals surface area contributed by atoms with Crippen molar-refractivity contribution in [1.29, 1.82) is 0 Å². The normalized spacial score (nSPS) is 14.6. The maximum Gasteiger partial charge on any atom is 0.172 e. The van der Waals surface area contributed by atoms with Crippen molar-refractivity contribution in [2.45, 2.75) is 19.8 Å². The van der Waals surface area contributed by atoms with Crippen molar-refractivity contribution in [1.82, 2.24) is 5.16 Å². The highest BCUT2D eigenvalue weighted by Crippen LogP contribution is 2.39. The average molecular weight is 279 g/mol. The number of halogens is 1. The zero-order valence-corrected chi connectivity index (χ0v) is 11.4. The van der Waals surface area contributed by atoms with E-state index in [-0.39, 0.29) is 0 Å². The van der Waals surface area contributed by atoms with Gasteiger partial charge in [-0.25, -0.2) is 0 Å². The molecule has 0 saturated heterocycles. The largest absolute Gasteiger partial charge is 0.491 e. The molecule has 1 aromatic heterocycles. The van der Waals surface area contributed by atoms with Crippen LogP contribution in [0.5, 0.6) is 5.75 Å². The first-order valence-electron chi connectivity index (χ1n) is 6.29. The number of nitrogens with zero attached hydrogens (tertiary/aromatic N) is 1. The van der Waals surface area contributed by atoms with Crippen molar-refractivity contribution in [3.05, 3.63) is 28.8 Å². The summed E-state index contributed by atoms with van der Waals surface area (Å²) in [6, 6.07) is 5.52. The van der Waals surface area contributed by atoms with Crippen molar-refractivity contribution >= 4 is 17.4 Å². The van der Waals surface area contributed by atoms with E-state index < -0.39 is 0 Å². The smallest absolute Gasteiger partial charge is 0.172 e. The van der Waals surface area contributed by atoms with Crippen molar-refractivity contribution in [3.63, 3.8) is 0 Å². The second kappa shape index (κ2) is 4.78. The van der Waals surface area contributed by atoms with Crippen LogP contribution in [0, 0.1) is 12.8 Å². The number of hydrogen-bond donors (Lipinski definition) is 1. The number of aromatic nitrogens is 1. The lowest BCUT2D eigenvalue weighted by Crippen LogP contribution is -2.01. The van der Waals surface area contributed by atoms with Crippen LogP contribution in [0.4, 0.5) is 5.82 Å². The summed E-state index contributed by atoms with van der Waals surface area (Å²) in [7, 11) is 0. The van der Waals surface area contributed by atoms with Gasteiger partial charge in [-0.1, -0.05) is 16.8 Å². The summed E-state index contributed by atoms with van der Waals surface area (Å²) in [6.45, 7) is 2.67. The van der Waals surface area contributed by atoms with E-state index in [4.69, 9.17) is 26.6 Å². The van der Waals surface area contributed by atoms with E-state index in [0.29, 0.717) is 34.9 Å². The standard InChI is InChI=1S/C14H15ClN2O2/c1-8-4-10(12-6-13(16)17-19-12)14(11(15)5-8)18-7-9-2-3-9/h4-6,9H,2-3,7H2,1H3,(H2,16,17). The van der Waals surface area contributed by atoms with Crippen LogP contribution in [0.1, 0.15) is 18.4 Å². The van der Waals surface area contributed by atoms with Gasteiger partial charge in [0.15, 0.2) is 11.6 Å². The van der Waals surface area contributed by atoms with E-state index in [2.05, 4.69) is 5.16 Å². The van der Waals surface area contributed by atoms with Gasteiger partial charge in [0.05, 0.1) is 17.2 Å². The van der Waals surface area contributed by atoms with E-state index >= 15 is 0 Å². The monoisotopic (exact) mass is 278 g/mol. The maximum absolute atomic E-state index is 6.28. The van der Waals surface area contributed by atoms with E-state index in [1.54, 1.807) is 6.07 Å². The molecule has 0 unspecified atom stereocenters. The first-order valence-corrected chi connectivity index (χ1v) is 6.67. The molecule has 0 atom stereocenters. The topological polar surface area (TPSA) is 61.3 Å². The van der Waals surface area contributed by atoms with Gasteiger partial charge in [0.25, 0.3) is 0 Å². The number of nitrogens with two attached hydrogens (primary N) is 1. The van der Waals surface area contributed by atoms with Crippen LogP contribution < -0.4 is 10.5 Å². The lowest BCUT2D eigenvalue weighted by Gasteiger charge is -2.12. The fourth-order valence-electron chi connectivity index (χ4n) is 1.96. The number of anilines is 1. The Morgan fingerprint density at radius 3 is 2.84 bits per heavy atom. The molecular weight excluding hydrogens is 264 g/mol. The van der Waals surface area contributed by atoms with Gasteiger partial charge in [-0.05, 0) is 43.4 Å². The first kappa shape index (κ1) is 12.4. The highest BCUT2D eigenvalue weighted by Gasteiger charge is 2.24. The van der Waals surface area contributed by atoms with E-state index in [9.17, 15) is 0 Å². The van der Waals surface area contributed by atoms with Crippen LogP contribution in [0.15, 0.2) is 22.7 Å². The molecule has 0 amide bonds. The molecule has 1 fully saturated rings. The van der Waals surface area contributed by atoms with Crippen LogP contribution >= 0.6 is 11.6 Å². The summed E-state index contributed by atoms with van der Waals surface area (Å²) in [5, 5.41) is 4.29. The fraction of sp³-hybridized carbons (Fsp3) is 0.357. The van der Waals surface area contributed by atoms with E-state index in [1.807, 2.05) is 19.1 Å². The molecule has 1 aliphatic carbocycles. The number of aryl methyl sites for hydroxylation is 1. The molecular formula is C14H15ClN2O2. The van der Waals surface area contributed by atoms with Crippen LogP contribution in [0.25, 0.3) is 11.3 Å². The predicted molar refractivity (Wildman–Crippen MR) is 74.3 cm³/mol. The lowest BCUT2D eigenvalue weighted by molar-refractivity contribution is 0.300. The Balaban J connectivity index is 1.99. The molecule has 1 aromatic carbocycles. The van der Waals surface area contributed by atoms with Crippen LogP contribution in [0.2, 0.25) is 5.02 Å². The van der Waals surface area contributed by atoms with Crippen molar-refractivity contribution < 1.29 is 9.26 Å². The summed E-state index contributed by atoms with van der Waals surface area (Å²) in [5.74, 6) is 2.23. The molecule has 1 saturated carbocycles. The van der Waals surface area contributed by atoms with Crippen LogP contribution in [-0.4, -0.2) is 11.8 Å². The van der Waals surface area contributed by atoms with Crippen molar-refractivity contribution in [2.75, 3.05) is 12.3 Å². The second-order valence-corrected chi connectivity index (χ2v) is 5.40. The van der Waals surface area contributed by atoms with Gasteiger partial charge in [-0.15, -0.1) is 0 Å². The highest BCUT2D eigenvalue weighted by atomic mass is 35.5. The number of rotatable bonds is 4. The van der Waals surface area contributed by atoms with Gasteiger partial charge in [0.1, 0.15) is 5.75 Å². The third-order valence-corrected chi connectivity index (χ3v) is 3.42. The minimum atomic E-state index is 0.348. The molecule has 100 valence electrons. The Morgan fingerprint density at radius 1 is 1.42 bits per heavy atom. The summed E-state index contributed by atoms with van der Waals surface area (Å²) in [5.41, 5.74) is 7.43. The molecule has 2 aromatic rings. The van der Waals surface area contributed by atoms with E-state index in [0.717, 1.165) is 11.1 Å². The molecule has 2 N–H and O–H groups in total. The zero-order valence-electron chi connectivity index (χ0n) is 10.6. The minimum Gasteiger partial charge on any atom is -0.491 e. The molecule has 0 bridgehead atoms. The summed E-state index contributed by atoms with van der Waals surface area (Å²) in [6.07, 6.45) is 2.46. The predicted octanol–water partition coefficient (Wildman–Crippen LogP) is 3.67. The number of ether oxygens (including phenoxy) is 1. The highest BCUT2D eigenvalue weighted by molar-refractivity contribution is 6.32. The Hall–Kier alpha value is -1.68. The molecule has 19 heavy (non-hydrogen) atoms. The Bertz CT molecular complexity index is 605. The third-order valence-electron chi connectivity index (χ3n) is 3.14. The van der Waals surface area contributed by atoms with E-state index in [1.165, 1.54) is 12.8 Å². The molecule has 0 spiro atoms. The average Bonchev–Trinajstić information content (AvgIpc) is 3.08. The van der Waals surface area contributed by atoms with Crippen LogP contribution in [0.3, 0.4) is 0 Å². The molecule has 3 rings (SSSR count). The fourth-order valence-corrected chi connectivity index (χ4v) is 2.29. The Labute approximate surface area is 116 Å². The van der Waals surface area contributed by atoms with Gasteiger partial charge < -0.3 is 15.0 Å². The van der Waals surface area contributed by atoms with Crippen LogP contribution in [-0.2, 0) is 0 Å². The Kier molecular flexibility index (Phi) is 3.11. The van der Waals surface area contributed by atoms with Gasteiger partial charge in [-0.3, -0.25) is 0 Å². The first-order chi connectivity index (χ1) is 9.13. The lowest BCUT2D eigenvalue weighted by atomic mass is 10.1. The molecule has 0 aliphatic heterocycles. The van der Waals surface area contributed by atoms with Crippen molar-refractivity contribution in [2.24, 2.45) is 5.92 Å². The number of hydrogen-bond acceptors (Lipinski definition) is 4. The third kappa shape index (κ3) is 2.68. The van der Waals surface area contributed by atoms with Gasteiger partial charge in [0.2, 0.25) is 0 Å². The molecule has 4 nitrogen and oxygen atoms in total. The SMILES string of the molecule is Cc1cc(Cl)c(OCC2CC2)c(-c2cc(N)no2)c1. The van der Waals surface area contributed by atoms with Crippen molar-refractivity contribution in [3.8, 4) is 17.1 Å². The summed E-state index contributed by atoms with van der Waals surface area (Å²) in [4.78, 5) is 0. The minimum absolute atomic E-state index is 0.348. The second-order valence-electron chi connectivity index (χ2n) is 4.99. The Morgan fingerprint density at radius 2 is 2.21 bits per heavy atom. The van der Waals surface area contributed by atoms with Gasteiger partial charge in [0, 0.05) is 6.07 Å². The van der Waals surface area contributed by atoms with Gasteiger partial charge in [-0.2, -0.15) is 0 Å². The number of nitrogen functional groups attached to an aromatic ring is 1. The molecule has 1 aliphatic rings. The molecule has 0 radical (unpaired) electrons. The van der Waals surface area contributed by atoms with Gasteiger partial charge >= 0.3 is 0 Å². The zero-order chi connectivity index (χ0) is 13.4. The molecule has 5 heteroatoms. The quantitative estimate of drug-likeness (QED) is 0.927. The summed E-state index contributed by atoms with van der Waals surface area (Å²) < 4.78 is 11.1. The number of benzene rings is 1. The summed E-state index contributed by atoms with van der Waals surface area (Å²) >= 11 is 6.28. The molecule has 1 heterocycles.